The molecule has 0 amide bonds. The van der Waals surface area contributed by atoms with Crippen molar-refractivity contribution in [1.82, 2.24) is 0 Å². The molecule has 0 N–H and O–H groups in total. The van der Waals surface area contributed by atoms with Gasteiger partial charge < -0.3 is 0 Å². The van der Waals surface area contributed by atoms with Gasteiger partial charge in [0.15, 0.2) is 0 Å². The molecule has 118 valence electrons. The van der Waals surface area contributed by atoms with Crippen molar-refractivity contribution in [3.05, 3.63) is 71.3 Å². The van der Waals surface area contributed by atoms with Crippen LogP contribution < -0.4 is 0 Å². The van der Waals surface area contributed by atoms with Crippen LogP contribution in [-0.2, 0) is 5.41 Å². The van der Waals surface area contributed by atoms with Gasteiger partial charge in [-0.3, -0.25) is 0 Å². The molecular weight excluding hydrogens is 278 g/mol. The van der Waals surface area contributed by atoms with Crippen molar-refractivity contribution in [2.45, 2.75) is 45.4 Å². The van der Waals surface area contributed by atoms with E-state index in [9.17, 15) is 8.78 Å². The number of hydrogen-bond donors (Lipinski definition) is 0. The van der Waals surface area contributed by atoms with E-state index < -0.39 is 5.41 Å². The normalized spacial score (nSPS) is 13.1. The second kappa shape index (κ2) is 7.04. The van der Waals surface area contributed by atoms with Crippen LogP contribution in [0, 0.1) is 17.6 Å². The van der Waals surface area contributed by atoms with Gasteiger partial charge in [0.2, 0.25) is 0 Å². The van der Waals surface area contributed by atoms with Gasteiger partial charge in [-0.1, -0.05) is 57.9 Å². The molecule has 1 unspecified atom stereocenters. The number of hydrogen-bond acceptors (Lipinski definition) is 0. The van der Waals surface area contributed by atoms with Gasteiger partial charge in [0.25, 0.3) is 0 Å². The molecule has 0 heterocycles. The standard InChI is InChI=1S/C20H24F2/c1-4-8-15(5-2)20(3,16-9-6-11-18(21)13-16)17-10-7-12-19(22)14-17/h6-7,9-15H,4-5,8H2,1-3H3. The van der Waals surface area contributed by atoms with Crippen LogP contribution in [0.1, 0.15) is 51.2 Å². The molecule has 0 fully saturated rings. The lowest BCUT2D eigenvalue weighted by atomic mass is 9.65. The van der Waals surface area contributed by atoms with Gasteiger partial charge in [0, 0.05) is 5.41 Å². The lowest BCUT2D eigenvalue weighted by Gasteiger charge is -2.39. The Morgan fingerprint density at radius 1 is 0.909 bits per heavy atom. The Hall–Kier alpha value is -1.70. The summed E-state index contributed by atoms with van der Waals surface area (Å²) in [5.41, 5.74) is 1.44. The third-order valence-electron chi connectivity index (χ3n) is 4.80. The van der Waals surface area contributed by atoms with Gasteiger partial charge in [-0.05, 0) is 47.7 Å². The van der Waals surface area contributed by atoms with E-state index in [-0.39, 0.29) is 11.6 Å². The first-order valence-corrected chi connectivity index (χ1v) is 8.04. The lowest BCUT2D eigenvalue weighted by molar-refractivity contribution is 0.309. The van der Waals surface area contributed by atoms with Crippen molar-refractivity contribution in [2.24, 2.45) is 5.92 Å². The zero-order valence-corrected chi connectivity index (χ0v) is 13.6. The fraction of sp³-hybridized carbons (Fsp3) is 0.400. The molecule has 0 saturated heterocycles. The van der Waals surface area contributed by atoms with Crippen molar-refractivity contribution >= 4 is 0 Å². The highest BCUT2D eigenvalue weighted by Crippen LogP contribution is 2.43. The summed E-state index contributed by atoms with van der Waals surface area (Å²) in [5.74, 6) is -0.154. The topological polar surface area (TPSA) is 0 Å². The van der Waals surface area contributed by atoms with Crippen molar-refractivity contribution in [3.8, 4) is 0 Å². The molecule has 0 radical (unpaired) electrons. The van der Waals surface area contributed by atoms with Crippen molar-refractivity contribution < 1.29 is 8.78 Å². The van der Waals surface area contributed by atoms with Gasteiger partial charge in [0.1, 0.15) is 11.6 Å². The Morgan fingerprint density at radius 2 is 1.41 bits per heavy atom. The van der Waals surface area contributed by atoms with Crippen LogP contribution in [0.3, 0.4) is 0 Å². The Labute approximate surface area is 132 Å². The average molecular weight is 302 g/mol. The van der Waals surface area contributed by atoms with Crippen molar-refractivity contribution in [3.63, 3.8) is 0 Å². The zero-order chi connectivity index (χ0) is 16.2. The Balaban J connectivity index is 2.62. The maximum atomic E-state index is 13.8. The molecule has 2 aromatic rings. The summed E-state index contributed by atoms with van der Waals surface area (Å²) in [4.78, 5) is 0. The first-order valence-electron chi connectivity index (χ1n) is 8.04. The largest absolute Gasteiger partial charge is 0.207 e. The maximum Gasteiger partial charge on any atom is 0.123 e. The Bertz CT molecular complexity index is 573. The quantitative estimate of drug-likeness (QED) is 0.605. The van der Waals surface area contributed by atoms with Gasteiger partial charge in [-0.15, -0.1) is 0 Å². The Morgan fingerprint density at radius 3 is 1.77 bits per heavy atom. The second-order valence-electron chi connectivity index (χ2n) is 6.12. The summed E-state index contributed by atoms with van der Waals surface area (Å²) >= 11 is 0. The summed E-state index contributed by atoms with van der Waals surface area (Å²) in [6.45, 7) is 6.41. The van der Waals surface area contributed by atoms with Crippen LogP contribution in [0.4, 0.5) is 8.78 Å². The SMILES string of the molecule is CCCC(CC)C(C)(c1cccc(F)c1)c1cccc(F)c1. The fourth-order valence-electron chi connectivity index (χ4n) is 3.51. The first kappa shape index (κ1) is 16.7. The minimum atomic E-state index is -0.394. The van der Waals surface area contributed by atoms with Crippen LogP contribution in [0.25, 0.3) is 0 Å². The predicted octanol–water partition coefficient (Wildman–Crippen LogP) is 6.10. The number of halogens is 2. The molecule has 2 aromatic carbocycles. The molecule has 0 nitrogen and oxygen atoms in total. The maximum absolute atomic E-state index is 13.8. The van der Waals surface area contributed by atoms with Crippen LogP contribution in [0.15, 0.2) is 48.5 Å². The zero-order valence-electron chi connectivity index (χ0n) is 13.6. The van der Waals surface area contributed by atoms with Crippen LogP contribution in [0.5, 0.6) is 0 Å². The predicted molar refractivity (Wildman–Crippen MR) is 87.9 cm³/mol. The molecule has 0 aliphatic rings. The van der Waals surface area contributed by atoms with E-state index >= 15 is 0 Å². The first-order chi connectivity index (χ1) is 10.5. The summed E-state index contributed by atoms with van der Waals surface area (Å²) in [6, 6.07) is 13.5. The van der Waals surface area contributed by atoms with E-state index in [0.29, 0.717) is 5.92 Å². The van der Waals surface area contributed by atoms with Crippen LogP contribution >= 0.6 is 0 Å². The molecule has 1 atom stereocenters. The number of rotatable bonds is 6. The third-order valence-corrected chi connectivity index (χ3v) is 4.80. The molecule has 2 rings (SSSR count). The molecule has 0 aliphatic heterocycles. The molecule has 0 aromatic heterocycles. The summed E-state index contributed by atoms with van der Waals surface area (Å²) < 4.78 is 27.5. The van der Waals surface area contributed by atoms with Gasteiger partial charge in [-0.2, -0.15) is 0 Å². The van der Waals surface area contributed by atoms with E-state index in [2.05, 4.69) is 20.8 Å². The summed E-state index contributed by atoms with van der Waals surface area (Å²) in [5, 5.41) is 0. The van der Waals surface area contributed by atoms with Crippen LogP contribution in [-0.4, -0.2) is 0 Å². The highest BCUT2D eigenvalue weighted by atomic mass is 19.1. The monoisotopic (exact) mass is 302 g/mol. The van der Waals surface area contributed by atoms with E-state index in [0.717, 1.165) is 30.4 Å². The van der Waals surface area contributed by atoms with E-state index in [4.69, 9.17) is 0 Å². The molecule has 22 heavy (non-hydrogen) atoms. The second-order valence-corrected chi connectivity index (χ2v) is 6.12. The summed E-state index contributed by atoms with van der Waals surface area (Å²) in [6.07, 6.45) is 3.05. The molecule has 0 saturated carbocycles. The van der Waals surface area contributed by atoms with Crippen molar-refractivity contribution in [1.29, 1.82) is 0 Å². The molecule has 0 bridgehead atoms. The van der Waals surface area contributed by atoms with Gasteiger partial charge in [-0.25, -0.2) is 8.78 Å². The van der Waals surface area contributed by atoms with Gasteiger partial charge in [0.05, 0.1) is 0 Å². The van der Waals surface area contributed by atoms with Crippen LogP contribution in [0.2, 0.25) is 0 Å². The van der Waals surface area contributed by atoms with E-state index in [1.165, 1.54) is 12.1 Å². The average Bonchev–Trinajstić information content (AvgIpc) is 2.52. The molecule has 0 aliphatic carbocycles. The minimum absolute atomic E-state index is 0.244. The van der Waals surface area contributed by atoms with E-state index in [1.54, 1.807) is 24.3 Å². The highest BCUT2D eigenvalue weighted by molar-refractivity contribution is 5.40. The third kappa shape index (κ3) is 3.21. The van der Waals surface area contributed by atoms with E-state index in [1.807, 2.05) is 12.1 Å². The molecular formula is C20H24F2. The lowest BCUT2D eigenvalue weighted by Crippen LogP contribution is -2.33. The smallest absolute Gasteiger partial charge is 0.123 e. The molecule has 2 heteroatoms. The number of benzene rings is 2. The van der Waals surface area contributed by atoms with Crippen molar-refractivity contribution in [2.75, 3.05) is 0 Å². The highest BCUT2D eigenvalue weighted by Gasteiger charge is 2.36. The fourth-order valence-corrected chi connectivity index (χ4v) is 3.51. The summed E-state index contributed by atoms with van der Waals surface area (Å²) in [7, 11) is 0. The minimum Gasteiger partial charge on any atom is -0.207 e. The van der Waals surface area contributed by atoms with Gasteiger partial charge >= 0.3 is 0 Å². The molecule has 0 spiro atoms. The Kier molecular flexibility index (Phi) is 5.33.